The summed E-state index contributed by atoms with van der Waals surface area (Å²) in [7, 11) is 0. The summed E-state index contributed by atoms with van der Waals surface area (Å²) >= 11 is 0. The van der Waals surface area contributed by atoms with Crippen LogP contribution >= 0.6 is 0 Å². The molecule has 0 radical (unpaired) electrons. The van der Waals surface area contributed by atoms with Crippen LogP contribution in [0.25, 0.3) is 11.3 Å². The number of nitrogen functional groups attached to an aromatic ring is 1. The Morgan fingerprint density at radius 1 is 1.15 bits per heavy atom. The minimum Gasteiger partial charge on any atom is -0.483 e. The number of nitrogens with two attached hydrogens (primary N) is 1. The van der Waals surface area contributed by atoms with Gasteiger partial charge in [-0.1, -0.05) is 18.2 Å². The van der Waals surface area contributed by atoms with Gasteiger partial charge in [-0.05, 0) is 24.3 Å². The largest absolute Gasteiger partial charge is 0.483 e. The molecule has 10 heteroatoms. The number of aromatic amines is 1. The zero-order valence-corrected chi connectivity index (χ0v) is 17.5. The van der Waals surface area contributed by atoms with Crippen LogP contribution in [0.5, 0.6) is 0 Å². The van der Waals surface area contributed by atoms with E-state index >= 15 is 0 Å². The molecule has 4 heterocycles. The second kappa shape index (κ2) is 9.69. The van der Waals surface area contributed by atoms with Crippen LogP contribution in [-0.4, -0.2) is 53.9 Å². The maximum atomic E-state index is 13.4. The van der Waals surface area contributed by atoms with Crippen LogP contribution < -0.4 is 5.73 Å². The SMILES string of the molecule is Nc1cncc(-c2ccc(C(=O)N3CCc4[nH]cnc4C3c3ccccn3)cc2)n1.O=CO. The highest BCUT2D eigenvalue weighted by atomic mass is 16.3. The number of hydrogen-bond acceptors (Lipinski definition) is 7. The van der Waals surface area contributed by atoms with Gasteiger partial charge < -0.3 is 20.7 Å². The number of H-pyrrole nitrogens is 1. The number of anilines is 1. The first-order valence-corrected chi connectivity index (χ1v) is 10.1. The van der Waals surface area contributed by atoms with E-state index in [1.807, 2.05) is 35.2 Å². The van der Waals surface area contributed by atoms with Crippen LogP contribution in [0.2, 0.25) is 0 Å². The number of nitrogens with zero attached hydrogens (tertiary/aromatic N) is 5. The van der Waals surface area contributed by atoms with Crippen LogP contribution in [0, 0.1) is 0 Å². The van der Waals surface area contributed by atoms with E-state index in [9.17, 15) is 4.79 Å². The van der Waals surface area contributed by atoms with Crippen molar-refractivity contribution < 1.29 is 14.7 Å². The summed E-state index contributed by atoms with van der Waals surface area (Å²) < 4.78 is 0. The first kappa shape index (κ1) is 21.6. The van der Waals surface area contributed by atoms with Gasteiger partial charge in [-0.15, -0.1) is 0 Å². The molecule has 0 bridgehead atoms. The lowest BCUT2D eigenvalue weighted by atomic mass is 9.98. The normalized spacial score (nSPS) is 14.5. The Morgan fingerprint density at radius 3 is 2.64 bits per heavy atom. The van der Waals surface area contributed by atoms with Crippen molar-refractivity contribution in [3.8, 4) is 11.3 Å². The molecule has 0 saturated carbocycles. The second-order valence-corrected chi connectivity index (χ2v) is 7.18. The zero-order valence-electron chi connectivity index (χ0n) is 17.5. The van der Waals surface area contributed by atoms with E-state index < -0.39 is 0 Å². The number of benzene rings is 1. The van der Waals surface area contributed by atoms with Crippen molar-refractivity contribution in [2.75, 3.05) is 12.3 Å². The smallest absolute Gasteiger partial charge is 0.290 e. The van der Waals surface area contributed by atoms with Crippen molar-refractivity contribution >= 4 is 18.2 Å². The molecule has 5 rings (SSSR count). The van der Waals surface area contributed by atoms with Gasteiger partial charge in [0.1, 0.15) is 11.9 Å². The highest BCUT2D eigenvalue weighted by Gasteiger charge is 2.35. The van der Waals surface area contributed by atoms with E-state index in [-0.39, 0.29) is 18.4 Å². The van der Waals surface area contributed by atoms with Gasteiger partial charge in [0.05, 0.1) is 35.8 Å². The quantitative estimate of drug-likeness (QED) is 0.408. The number of carbonyl (C=O) groups excluding carboxylic acids is 1. The van der Waals surface area contributed by atoms with Gasteiger partial charge in [0, 0.05) is 36.0 Å². The van der Waals surface area contributed by atoms with Crippen molar-refractivity contribution in [1.29, 1.82) is 0 Å². The molecule has 166 valence electrons. The van der Waals surface area contributed by atoms with Crippen LogP contribution in [0.15, 0.2) is 67.4 Å². The number of carboxylic acid groups (broad SMARTS) is 1. The highest BCUT2D eigenvalue weighted by molar-refractivity contribution is 5.95. The molecular formula is C23H21N7O3. The molecule has 33 heavy (non-hydrogen) atoms. The molecule has 1 atom stereocenters. The molecule has 0 aliphatic carbocycles. The summed E-state index contributed by atoms with van der Waals surface area (Å²) in [4.78, 5) is 44.1. The molecule has 0 spiro atoms. The summed E-state index contributed by atoms with van der Waals surface area (Å²) in [5.41, 5.74) is 10.5. The molecule has 4 N–H and O–H groups in total. The molecular weight excluding hydrogens is 422 g/mol. The molecule has 1 aromatic carbocycles. The van der Waals surface area contributed by atoms with Crippen LogP contribution in [0.4, 0.5) is 5.82 Å². The van der Waals surface area contributed by atoms with Gasteiger partial charge in [0.25, 0.3) is 12.4 Å². The Hall–Kier alpha value is -4.60. The van der Waals surface area contributed by atoms with Crippen LogP contribution in [0.1, 0.15) is 33.5 Å². The van der Waals surface area contributed by atoms with Crippen molar-refractivity contribution in [3.63, 3.8) is 0 Å². The second-order valence-electron chi connectivity index (χ2n) is 7.18. The molecule has 3 aromatic heterocycles. The summed E-state index contributed by atoms with van der Waals surface area (Å²) in [6.45, 7) is 0.331. The first-order valence-electron chi connectivity index (χ1n) is 10.1. The Balaban J connectivity index is 0.000000821. The number of carbonyl (C=O) groups is 2. The molecule has 4 aromatic rings. The lowest BCUT2D eigenvalue weighted by molar-refractivity contribution is -0.122. The molecule has 0 saturated heterocycles. The van der Waals surface area contributed by atoms with E-state index in [0.717, 1.165) is 29.1 Å². The molecule has 10 nitrogen and oxygen atoms in total. The van der Waals surface area contributed by atoms with E-state index in [2.05, 4.69) is 24.9 Å². The van der Waals surface area contributed by atoms with E-state index in [0.29, 0.717) is 23.6 Å². The van der Waals surface area contributed by atoms with Crippen molar-refractivity contribution in [2.45, 2.75) is 12.5 Å². The molecule has 1 unspecified atom stereocenters. The number of amides is 1. The van der Waals surface area contributed by atoms with Gasteiger partial charge in [0.2, 0.25) is 0 Å². The third kappa shape index (κ3) is 4.54. The van der Waals surface area contributed by atoms with Crippen molar-refractivity contribution in [3.05, 3.63) is 90.0 Å². The Kier molecular flexibility index (Phi) is 6.35. The minimum absolute atomic E-state index is 0.0653. The van der Waals surface area contributed by atoms with E-state index in [1.54, 1.807) is 30.9 Å². The average molecular weight is 443 g/mol. The Morgan fingerprint density at radius 2 is 1.94 bits per heavy atom. The predicted molar refractivity (Wildman–Crippen MR) is 120 cm³/mol. The number of hydrogen-bond donors (Lipinski definition) is 3. The number of pyridine rings is 1. The van der Waals surface area contributed by atoms with Crippen LogP contribution in [0.3, 0.4) is 0 Å². The lowest BCUT2D eigenvalue weighted by Gasteiger charge is -2.34. The fraction of sp³-hybridized carbons (Fsp3) is 0.130. The van der Waals surface area contributed by atoms with Gasteiger partial charge in [-0.25, -0.2) is 9.97 Å². The predicted octanol–water partition coefficient (Wildman–Crippen LogP) is 2.33. The van der Waals surface area contributed by atoms with Gasteiger partial charge in [-0.3, -0.25) is 19.6 Å². The standard InChI is InChI=1S/C22H19N7O.CH2O2/c23-19-12-24-11-18(28-19)14-4-6-15(7-5-14)22(30)29-10-8-16-20(27-13-26-16)21(29)17-3-1-2-9-25-17;2-1-3/h1-7,9,11-13,21H,8,10H2,(H2,23,28)(H,26,27);1H,(H,2,3). The monoisotopic (exact) mass is 443 g/mol. The van der Waals surface area contributed by atoms with E-state index in [1.165, 1.54) is 6.20 Å². The summed E-state index contributed by atoms with van der Waals surface area (Å²) in [5.74, 6) is 0.290. The van der Waals surface area contributed by atoms with Gasteiger partial charge >= 0.3 is 0 Å². The number of fused-ring (bicyclic) bond motifs is 1. The first-order chi connectivity index (χ1) is 16.1. The van der Waals surface area contributed by atoms with Crippen molar-refractivity contribution in [2.24, 2.45) is 0 Å². The summed E-state index contributed by atoms with van der Waals surface area (Å²) in [6, 6.07) is 12.7. The fourth-order valence-electron chi connectivity index (χ4n) is 3.80. The van der Waals surface area contributed by atoms with E-state index in [4.69, 9.17) is 15.6 Å². The average Bonchev–Trinajstić information content (AvgIpc) is 3.33. The number of aromatic nitrogens is 5. The van der Waals surface area contributed by atoms with Gasteiger partial charge in [0.15, 0.2) is 0 Å². The molecule has 1 aliphatic rings. The summed E-state index contributed by atoms with van der Waals surface area (Å²) in [5, 5.41) is 6.89. The van der Waals surface area contributed by atoms with Crippen LogP contribution in [-0.2, 0) is 11.2 Å². The maximum Gasteiger partial charge on any atom is 0.290 e. The highest BCUT2D eigenvalue weighted by Crippen LogP contribution is 2.33. The topological polar surface area (TPSA) is 151 Å². The Labute approximate surface area is 189 Å². The fourth-order valence-corrected chi connectivity index (χ4v) is 3.80. The third-order valence-electron chi connectivity index (χ3n) is 5.23. The summed E-state index contributed by atoms with van der Waals surface area (Å²) in [6.07, 6.45) is 7.28. The lowest BCUT2D eigenvalue weighted by Crippen LogP contribution is -2.41. The Bertz CT molecular complexity index is 1240. The van der Waals surface area contributed by atoms with Gasteiger partial charge in [-0.2, -0.15) is 0 Å². The molecule has 1 amide bonds. The minimum atomic E-state index is -0.326. The van der Waals surface area contributed by atoms with Crippen molar-refractivity contribution in [1.82, 2.24) is 29.8 Å². The number of rotatable bonds is 3. The third-order valence-corrected chi connectivity index (χ3v) is 5.23. The molecule has 0 fully saturated rings. The molecule has 1 aliphatic heterocycles. The maximum absolute atomic E-state index is 13.4. The number of nitrogens with one attached hydrogen (secondary N) is 1. The number of imidazole rings is 1. The zero-order chi connectivity index (χ0) is 23.2.